The Labute approximate surface area is 121 Å². The molecule has 0 unspecified atom stereocenters. The monoisotopic (exact) mass is 289 g/mol. The average Bonchev–Trinajstić information content (AvgIpc) is 2.46. The lowest BCUT2D eigenvalue weighted by molar-refractivity contribution is -0.136. The molecule has 0 saturated carbocycles. The number of nitrogens with one attached hydrogen (secondary N) is 1. The first-order chi connectivity index (χ1) is 10.1. The van der Waals surface area contributed by atoms with Crippen LogP contribution in [0.1, 0.15) is 12.0 Å². The number of carboxylic acid groups (broad SMARTS) is 1. The highest BCUT2D eigenvalue weighted by atomic mass is 19.1. The van der Waals surface area contributed by atoms with Crippen LogP contribution in [-0.2, 0) is 11.3 Å². The summed E-state index contributed by atoms with van der Waals surface area (Å²) in [5.74, 6) is -1.04. The topological polar surface area (TPSA) is 69.6 Å². The van der Waals surface area contributed by atoms with E-state index >= 15 is 0 Å². The molecule has 0 fully saturated rings. The molecule has 0 amide bonds. The molecule has 0 aliphatic carbocycles. The molecule has 5 heteroatoms. The van der Waals surface area contributed by atoms with Crippen LogP contribution in [0.4, 0.5) is 4.39 Å². The third-order valence-corrected chi connectivity index (χ3v) is 3.08. The van der Waals surface area contributed by atoms with Crippen molar-refractivity contribution in [3.05, 3.63) is 53.8 Å². The Morgan fingerprint density at radius 3 is 2.43 bits per heavy atom. The van der Waals surface area contributed by atoms with Crippen molar-refractivity contribution >= 4 is 5.97 Å². The highest BCUT2D eigenvalue weighted by Crippen LogP contribution is 2.24. The quantitative estimate of drug-likeness (QED) is 0.715. The Morgan fingerprint density at radius 1 is 1.10 bits per heavy atom. The van der Waals surface area contributed by atoms with Crippen molar-refractivity contribution in [3.63, 3.8) is 0 Å². The summed E-state index contributed by atoms with van der Waals surface area (Å²) < 4.78 is 13.7. The third kappa shape index (κ3) is 4.29. The van der Waals surface area contributed by atoms with E-state index in [0.29, 0.717) is 5.56 Å². The summed E-state index contributed by atoms with van der Waals surface area (Å²) in [6.45, 7) is 0.559. The van der Waals surface area contributed by atoms with Gasteiger partial charge in [0.1, 0.15) is 11.6 Å². The standard InChI is InChI=1S/C16H16FNO3/c17-15-6-3-12(11-1-4-14(19)5-2-11)9-13(15)10-18-8-7-16(20)21/h1-6,9,18-19H,7-8,10H2,(H,20,21). The largest absolute Gasteiger partial charge is 0.508 e. The minimum atomic E-state index is -0.888. The van der Waals surface area contributed by atoms with Crippen molar-refractivity contribution in [1.29, 1.82) is 0 Å². The first-order valence-electron chi connectivity index (χ1n) is 6.56. The molecule has 0 spiro atoms. The molecule has 0 bridgehead atoms. The third-order valence-electron chi connectivity index (χ3n) is 3.08. The number of aromatic hydroxyl groups is 1. The van der Waals surface area contributed by atoms with Gasteiger partial charge in [-0.05, 0) is 35.4 Å². The van der Waals surface area contributed by atoms with Crippen LogP contribution < -0.4 is 5.32 Å². The maximum absolute atomic E-state index is 13.7. The lowest BCUT2D eigenvalue weighted by atomic mass is 10.0. The number of rotatable bonds is 6. The fraction of sp³-hybridized carbons (Fsp3) is 0.188. The second kappa shape index (κ2) is 6.85. The zero-order chi connectivity index (χ0) is 15.2. The molecule has 2 aromatic carbocycles. The molecule has 0 heterocycles. The van der Waals surface area contributed by atoms with E-state index in [9.17, 15) is 14.3 Å². The molecule has 110 valence electrons. The molecule has 3 N–H and O–H groups in total. The number of carbonyl (C=O) groups is 1. The highest BCUT2D eigenvalue weighted by Gasteiger charge is 2.06. The normalized spacial score (nSPS) is 10.5. The van der Waals surface area contributed by atoms with E-state index < -0.39 is 5.97 Å². The van der Waals surface area contributed by atoms with Gasteiger partial charge in [0.25, 0.3) is 0 Å². The fourth-order valence-electron chi connectivity index (χ4n) is 1.96. The lowest BCUT2D eigenvalue weighted by Gasteiger charge is -2.08. The van der Waals surface area contributed by atoms with Gasteiger partial charge in [0.05, 0.1) is 6.42 Å². The number of hydrogen-bond donors (Lipinski definition) is 3. The van der Waals surface area contributed by atoms with Crippen LogP contribution in [0.15, 0.2) is 42.5 Å². The minimum Gasteiger partial charge on any atom is -0.508 e. The van der Waals surface area contributed by atoms with Gasteiger partial charge in [0.2, 0.25) is 0 Å². The maximum Gasteiger partial charge on any atom is 0.304 e. The Kier molecular flexibility index (Phi) is 4.90. The fourth-order valence-corrected chi connectivity index (χ4v) is 1.96. The molecule has 0 saturated heterocycles. The molecular formula is C16H16FNO3. The van der Waals surface area contributed by atoms with Crippen LogP contribution in [-0.4, -0.2) is 22.7 Å². The summed E-state index contributed by atoms with van der Waals surface area (Å²) in [6.07, 6.45) is -0.000722. The van der Waals surface area contributed by atoms with Crippen molar-refractivity contribution in [3.8, 4) is 16.9 Å². The first kappa shape index (κ1) is 15.0. The van der Waals surface area contributed by atoms with E-state index in [-0.39, 0.29) is 31.1 Å². The zero-order valence-corrected chi connectivity index (χ0v) is 11.3. The number of halogens is 1. The molecule has 0 atom stereocenters. The molecule has 4 nitrogen and oxygen atoms in total. The molecular weight excluding hydrogens is 273 g/mol. The Bertz CT molecular complexity index is 626. The molecule has 2 aromatic rings. The Balaban J connectivity index is 2.09. The number of carboxylic acids is 1. The summed E-state index contributed by atoms with van der Waals surface area (Å²) in [7, 11) is 0. The summed E-state index contributed by atoms with van der Waals surface area (Å²) in [4.78, 5) is 10.4. The van der Waals surface area contributed by atoms with E-state index in [0.717, 1.165) is 11.1 Å². The van der Waals surface area contributed by atoms with Gasteiger partial charge < -0.3 is 15.5 Å². The lowest BCUT2D eigenvalue weighted by Crippen LogP contribution is -2.18. The van der Waals surface area contributed by atoms with Crippen LogP contribution in [0.25, 0.3) is 11.1 Å². The highest BCUT2D eigenvalue weighted by molar-refractivity contribution is 5.67. The Hall–Kier alpha value is -2.40. The van der Waals surface area contributed by atoms with E-state index in [1.807, 2.05) is 0 Å². The minimum absolute atomic E-state index is 0.000722. The number of hydrogen-bond acceptors (Lipinski definition) is 3. The second-order valence-electron chi connectivity index (χ2n) is 4.67. The molecule has 0 aliphatic heterocycles. The summed E-state index contributed by atoms with van der Waals surface area (Å²) in [5.41, 5.74) is 2.19. The van der Waals surface area contributed by atoms with Crippen molar-refractivity contribution in [1.82, 2.24) is 5.32 Å². The van der Waals surface area contributed by atoms with Gasteiger partial charge in [-0.3, -0.25) is 4.79 Å². The molecule has 0 radical (unpaired) electrons. The summed E-state index contributed by atoms with van der Waals surface area (Å²) in [5, 5.41) is 20.7. The van der Waals surface area contributed by atoms with Crippen LogP contribution in [0.3, 0.4) is 0 Å². The van der Waals surface area contributed by atoms with Gasteiger partial charge in [0, 0.05) is 18.7 Å². The van der Waals surface area contributed by atoms with Crippen molar-refractivity contribution in [2.75, 3.05) is 6.54 Å². The summed E-state index contributed by atoms with van der Waals surface area (Å²) >= 11 is 0. The van der Waals surface area contributed by atoms with Gasteiger partial charge in [0.15, 0.2) is 0 Å². The predicted octanol–water partition coefficient (Wildman–Crippen LogP) is 2.76. The zero-order valence-electron chi connectivity index (χ0n) is 11.3. The SMILES string of the molecule is O=C(O)CCNCc1cc(-c2ccc(O)cc2)ccc1F. The number of aliphatic carboxylic acids is 1. The Morgan fingerprint density at radius 2 is 1.76 bits per heavy atom. The summed E-state index contributed by atoms with van der Waals surface area (Å²) in [6, 6.07) is 11.4. The van der Waals surface area contributed by atoms with E-state index in [4.69, 9.17) is 5.11 Å². The van der Waals surface area contributed by atoms with Crippen molar-refractivity contribution < 1.29 is 19.4 Å². The molecule has 0 aliphatic rings. The molecule has 2 rings (SSSR count). The van der Waals surface area contributed by atoms with E-state index in [1.165, 1.54) is 6.07 Å². The van der Waals surface area contributed by atoms with Gasteiger partial charge in [-0.1, -0.05) is 18.2 Å². The van der Waals surface area contributed by atoms with Crippen LogP contribution in [0.2, 0.25) is 0 Å². The number of phenolic OH excluding ortho intramolecular Hbond substituents is 1. The molecule has 0 aromatic heterocycles. The number of benzene rings is 2. The van der Waals surface area contributed by atoms with Crippen LogP contribution in [0.5, 0.6) is 5.75 Å². The average molecular weight is 289 g/mol. The maximum atomic E-state index is 13.7. The van der Waals surface area contributed by atoms with Gasteiger partial charge in [-0.15, -0.1) is 0 Å². The van der Waals surface area contributed by atoms with E-state index in [1.54, 1.807) is 36.4 Å². The van der Waals surface area contributed by atoms with E-state index in [2.05, 4.69) is 5.32 Å². The van der Waals surface area contributed by atoms with Crippen LogP contribution >= 0.6 is 0 Å². The smallest absolute Gasteiger partial charge is 0.304 e. The van der Waals surface area contributed by atoms with Gasteiger partial charge >= 0.3 is 5.97 Å². The first-order valence-corrected chi connectivity index (χ1v) is 6.56. The van der Waals surface area contributed by atoms with Gasteiger partial charge in [-0.2, -0.15) is 0 Å². The van der Waals surface area contributed by atoms with Gasteiger partial charge in [-0.25, -0.2) is 4.39 Å². The van der Waals surface area contributed by atoms with Crippen molar-refractivity contribution in [2.45, 2.75) is 13.0 Å². The molecule has 21 heavy (non-hydrogen) atoms. The number of phenols is 1. The van der Waals surface area contributed by atoms with Crippen LogP contribution in [0, 0.1) is 5.82 Å². The predicted molar refractivity (Wildman–Crippen MR) is 77.5 cm³/mol. The second-order valence-corrected chi connectivity index (χ2v) is 4.67. The van der Waals surface area contributed by atoms with Crippen molar-refractivity contribution in [2.24, 2.45) is 0 Å².